The molecule has 1 fully saturated rings. The van der Waals surface area contributed by atoms with Crippen molar-refractivity contribution in [3.05, 3.63) is 66.4 Å². The molecule has 158 valence electrons. The van der Waals surface area contributed by atoms with Gasteiger partial charge >= 0.3 is 0 Å². The zero-order valence-electron chi connectivity index (χ0n) is 16.5. The normalized spacial score (nSPS) is 15.5. The van der Waals surface area contributed by atoms with Gasteiger partial charge in [-0.1, -0.05) is 0 Å². The van der Waals surface area contributed by atoms with Crippen molar-refractivity contribution in [1.29, 1.82) is 0 Å². The fourth-order valence-electron chi connectivity index (χ4n) is 3.51. The van der Waals surface area contributed by atoms with E-state index in [0.717, 1.165) is 0 Å². The molecule has 2 aromatic heterocycles. The first-order chi connectivity index (χ1) is 14.4. The molecule has 1 saturated heterocycles. The molecule has 1 amide bonds. The van der Waals surface area contributed by atoms with E-state index in [2.05, 4.69) is 5.10 Å². The van der Waals surface area contributed by atoms with Gasteiger partial charge in [-0.25, -0.2) is 17.5 Å². The number of benzene rings is 1. The molecule has 0 N–H and O–H groups in total. The third-order valence-electron chi connectivity index (χ3n) is 5.18. The van der Waals surface area contributed by atoms with Crippen molar-refractivity contribution >= 4 is 15.9 Å². The third kappa shape index (κ3) is 3.75. The highest BCUT2D eigenvalue weighted by Gasteiger charge is 2.30. The summed E-state index contributed by atoms with van der Waals surface area (Å²) >= 11 is 0. The Kier molecular flexibility index (Phi) is 5.44. The van der Waals surface area contributed by atoms with Gasteiger partial charge in [-0.2, -0.15) is 9.40 Å². The zero-order chi connectivity index (χ0) is 21.3. The summed E-state index contributed by atoms with van der Waals surface area (Å²) in [6.07, 6.45) is 5.11. The van der Waals surface area contributed by atoms with Crippen LogP contribution in [-0.4, -0.2) is 69.8 Å². The standard InChI is InChI=1S/C20H22FN5O3S/c1-2-30(28,29)25-13-11-24(12-14-25)20(27)18-15-22-26(17-7-5-16(21)6-8-17)19(18)23-9-3-4-10-23/h3-10,15H,2,11-14H2,1H3. The average molecular weight is 431 g/mol. The van der Waals surface area contributed by atoms with Crippen LogP contribution < -0.4 is 0 Å². The predicted molar refractivity (Wildman–Crippen MR) is 110 cm³/mol. The van der Waals surface area contributed by atoms with Crippen molar-refractivity contribution in [2.75, 3.05) is 31.9 Å². The molecule has 0 bridgehead atoms. The van der Waals surface area contributed by atoms with Crippen LogP contribution >= 0.6 is 0 Å². The summed E-state index contributed by atoms with van der Waals surface area (Å²) < 4.78 is 42.3. The Labute approximate surface area is 174 Å². The van der Waals surface area contributed by atoms with Crippen LogP contribution in [0.1, 0.15) is 17.3 Å². The summed E-state index contributed by atoms with van der Waals surface area (Å²) in [5.41, 5.74) is 1.01. The zero-order valence-corrected chi connectivity index (χ0v) is 17.3. The second-order valence-electron chi connectivity index (χ2n) is 6.95. The van der Waals surface area contributed by atoms with Crippen LogP contribution in [0.15, 0.2) is 55.0 Å². The highest BCUT2D eigenvalue weighted by atomic mass is 32.2. The lowest BCUT2D eigenvalue weighted by Crippen LogP contribution is -2.51. The Morgan fingerprint density at radius 2 is 1.70 bits per heavy atom. The molecule has 1 aliphatic rings. The summed E-state index contributed by atoms with van der Waals surface area (Å²) in [4.78, 5) is 14.9. The van der Waals surface area contributed by atoms with Gasteiger partial charge in [0.25, 0.3) is 5.91 Å². The maximum Gasteiger partial charge on any atom is 0.259 e. The lowest BCUT2D eigenvalue weighted by molar-refractivity contribution is 0.0698. The summed E-state index contributed by atoms with van der Waals surface area (Å²) in [6, 6.07) is 9.54. The van der Waals surface area contributed by atoms with E-state index in [1.54, 1.807) is 45.6 Å². The molecular formula is C20H22FN5O3S. The molecule has 0 spiro atoms. The van der Waals surface area contributed by atoms with Crippen LogP contribution in [0.25, 0.3) is 11.5 Å². The monoisotopic (exact) mass is 431 g/mol. The number of carbonyl (C=O) groups is 1. The highest BCUT2D eigenvalue weighted by molar-refractivity contribution is 7.89. The number of hydrogen-bond donors (Lipinski definition) is 0. The molecule has 1 aliphatic heterocycles. The molecule has 8 nitrogen and oxygen atoms in total. The number of halogens is 1. The first-order valence-corrected chi connectivity index (χ1v) is 11.3. The predicted octanol–water partition coefficient (Wildman–Crippen LogP) is 1.91. The minimum atomic E-state index is -3.27. The Balaban J connectivity index is 1.65. The summed E-state index contributed by atoms with van der Waals surface area (Å²) in [6.45, 7) is 2.77. The van der Waals surface area contributed by atoms with Crippen molar-refractivity contribution < 1.29 is 17.6 Å². The first kappa shape index (κ1) is 20.3. The van der Waals surface area contributed by atoms with Crippen molar-refractivity contribution in [1.82, 2.24) is 23.6 Å². The van der Waals surface area contributed by atoms with Crippen LogP contribution in [-0.2, 0) is 10.0 Å². The average Bonchev–Trinajstić information content (AvgIpc) is 3.43. The van der Waals surface area contributed by atoms with Gasteiger partial charge in [-0.15, -0.1) is 0 Å². The maximum atomic E-state index is 13.4. The second-order valence-corrected chi connectivity index (χ2v) is 9.21. The van der Waals surface area contributed by atoms with Gasteiger partial charge in [0.15, 0.2) is 5.82 Å². The van der Waals surface area contributed by atoms with E-state index in [4.69, 9.17) is 0 Å². The minimum absolute atomic E-state index is 0.0448. The van der Waals surface area contributed by atoms with E-state index in [1.165, 1.54) is 22.6 Å². The molecule has 3 heterocycles. The maximum absolute atomic E-state index is 13.4. The fourth-order valence-corrected chi connectivity index (χ4v) is 4.60. The van der Waals surface area contributed by atoms with Crippen LogP contribution in [0.2, 0.25) is 0 Å². The highest BCUT2D eigenvalue weighted by Crippen LogP contribution is 2.22. The molecule has 0 unspecified atom stereocenters. The number of hydrogen-bond acceptors (Lipinski definition) is 4. The fraction of sp³-hybridized carbons (Fsp3) is 0.300. The topological polar surface area (TPSA) is 80.4 Å². The van der Waals surface area contributed by atoms with Crippen LogP contribution in [0, 0.1) is 5.82 Å². The van der Waals surface area contributed by atoms with E-state index in [0.29, 0.717) is 30.2 Å². The summed E-state index contributed by atoms with van der Waals surface area (Å²) in [5, 5.41) is 4.37. The molecule has 4 rings (SSSR count). The number of rotatable bonds is 5. The molecule has 1 aromatic carbocycles. The molecule has 10 heteroatoms. The minimum Gasteiger partial charge on any atom is -0.336 e. The number of sulfonamides is 1. The van der Waals surface area contributed by atoms with Crippen LogP contribution in [0.3, 0.4) is 0 Å². The van der Waals surface area contributed by atoms with Crippen LogP contribution in [0.5, 0.6) is 0 Å². The Hall–Kier alpha value is -2.98. The number of amides is 1. The van der Waals surface area contributed by atoms with Gasteiger partial charge in [0, 0.05) is 38.6 Å². The quantitative estimate of drug-likeness (QED) is 0.618. The lowest BCUT2D eigenvalue weighted by Gasteiger charge is -2.33. The largest absolute Gasteiger partial charge is 0.336 e. The van der Waals surface area contributed by atoms with Gasteiger partial charge < -0.3 is 9.47 Å². The molecule has 0 atom stereocenters. The second kappa shape index (κ2) is 8.04. The van der Waals surface area contributed by atoms with E-state index >= 15 is 0 Å². The number of piperazine rings is 1. The van der Waals surface area contributed by atoms with Gasteiger partial charge in [0.1, 0.15) is 11.4 Å². The number of carbonyl (C=O) groups excluding carboxylic acids is 1. The Morgan fingerprint density at radius 1 is 1.07 bits per heavy atom. The first-order valence-electron chi connectivity index (χ1n) is 9.65. The van der Waals surface area contributed by atoms with Crippen LogP contribution in [0.4, 0.5) is 4.39 Å². The molecule has 0 aliphatic carbocycles. The summed E-state index contributed by atoms with van der Waals surface area (Å²) in [7, 11) is -3.27. The van der Waals surface area contributed by atoms with E-state index in [1.807, 2.05) is 12.1 Å². The molecule has 30 heavy (non-hydrogen) atoms. The molecule has 0 saturated carbocycles. The number of nitrogens with zero attached hydrogens (tertiary/aromatic N) is 5. The van der Waals surface area contributed by atoms with Gasteiger partial charge in [-0.05, 0) is 43.3 Å². The molecular weight excluding hydrogens is 409 g/mol. The van der Waals surface area contributed by atoms with Crippen molar-refractivity contribution in [3.8, 4) is 11.5 Å². The third-order valence-corrected chi connectivity index (χ3v) is 7.06. The van der Waals surface area contributed by atoms with Crippen molar-refractivity contribution in [2.24, 2.45) is 0 Å². The smallest absolute Gasteiger partial charge is 0.259 e. The van der Waals surface area contributed by atoms with Gasteiger partial charge in [0.05, 0.1) is 17.6 Å². The molecule has 3 aromatic rings. The van der Waals surface area contributed by atoms with E-state index < -0.39 is 10.0 Å². The van der Waals surface area contributed by atoms with Gasteiger partial charge in [-0.3, -0.25) is 4.79 Å². The molecule has 0 radical (unpaired) electrons. The van der Waals surface area contributed by atoms with E-state index in [9.17, 15) is 17.6 Å². The van der Waals surface area contributed by atoms with Crippen molar-refractivity contribution in [3.63, 3.8) is 0 Å². The lowest BCUT2D eigenvalue weighted by atomic mass is 10.2. The van der Waals surface area contributed by atoms with Crippen molar-refractivity contribution in [2.45, 2.75) is 6.92 Å². The Bertz CT molecular complexity index is 1130. The SMILES string of the molecule is CCS(=O)(=O)N1CCN(C(=O)c2cnn(-c3ccc(F)cc3)c2-n2cccc2)CC1. The number of aromatic nitrogens is 3. The summed E-state index contributed by atoms with van der Waals surface area (Å²) in [5.74, 6) is 0.00818. The Morgan fingerprint density at radius 3 is 2.30 bits per heavy atom. The van der Waals surface area contributed by atoms with Gasteiger partial charge in [0.2, 0.25) is 10.0 Å². The van der Waals surface area contributed by atoms with E-state index in [-0.39, 0.29) is 30.6 Å².